The number of nitrogens with zero attached hydrogens (tertiary/aromatic N) is 2. The van der Waals surface area contributed by atoms with Crippen molar-refractivity contribution >= 4 is 23.5 Å². The molecular weight excluding hydrogens is 380 g/mol. The molecule has 4 rings (SSSR count). The summed E-state index contributed by atoms with van der Waals surface area (Å²) in [6.07, 6.45) is 2.02. The molecule has 4 amide bonds. The molecule has 30 heavy (non-hydrogen) atoms. The van der Waals surface area contributed by atoms with Crippen LogP contribution in [0.1, 0.15) is 24.0 Å². The number of amides is 4. The van der Waals surface area contributed by atoms with E-state index >= 15 is 0 Å². The lowest BCUT2D eigenvalue weighted by molar-refractivity contribution is -0.135. The van der Waals surface area contributed by atoms with Crippen LogP contribution in [0.2, 0.25) is 0 Å². The highest BCUT2D eigenvalue weighted by Gasteiger charge is 2.55. The highest BCUT2D eigenvalue weighted by Crippen LogP contribution is 2.41. The first-order chi connectivity index (χ1) is 14.5. The first-order valence-electron chi connectivity index (χ1n) is 10.3. The number of hydrogen-bond acceptors (Lipinski definition) is 4. The molecular formula is C23H26N4O3. The molecule has 0 unspecified atom stereocenters. The van der Waals surface area contributed by atoms with E-state index in [1.54, 1.807) is 0 Å². The van der Waals surface area contributed by atoms with Crippen molar-refractivity contribution in [3.8, 4) is 0 Å². The zero-order valence-corrected chi connectivity index (χ0v) is 17.1. The van der Waals surface area contributed by atoms with Gasteiger partial charge in [0.15, 0.2) is 0 Å². The lowest BCUT2D eigenvalue weighted by Crippen LogP contribution is -2.44. The zero-order chi connectivity index (χ0) is 21.1. The van der Waals surface area contributed by atoms with Crippen LogP contribution < -0.4 is 15.5 Å². The second-order valence-corrected chi connectivity index (χ2v) is 7.84. The summed E-state index contributed by atoms with van der Waals surface area (Å²) in [7, 11) is 2.00. The smallest absolute Gasteiger partial charge is 0.325 e. The molecule has 7 nitrogen and oxygen atoms in total. The number of aryl methyl sites for hydroxylation is 1. The van der Waals surface area contributed by atoms with Crippen molar-refractivity contribution < 1.29 is 14.4 Å². The SMILES string of the molecule is CN(CCCNC(=O)CN1C(=O)N[C@@]2(CCc3ccccc32)C1=O)c1ccccc1. The van der Waals surface area contributed by atoms with Crippen molar-refractivity contribution in [3.05, 3.63) is 65.7 Å². The lowest BCUT2D eigenvalue weighted by atomic mass is 9.92. The Bertz CT molecular complexity index is 962. The Hall–Kier alpha value is -3.35. The quantitative estimate of drug-likeness (QED) is 0.545. The molecule has 2 N–H and O–H groups in total. The van der Waals surface area contributed by atoms with Crippen LogP contribution in [0, 0.1) is 0 Å². The van der Waals surface area contributed by atoms with Crippen LogP contribution in [0.4, 0.5) is 10.5 Å². The molecule has 7 heteroatoms. The largest absolute Gasteiger partial charge is 0.375 e. The van der Waals surface area contributed by atoms with Crippen molar-refractivity contribution in [2.75, 3.05) is 31.6 Å². The summed E-state index contributed by atoms with van der Waals surface area (Å²) in [5.41, 5.74) is 2.01. The normalized spacial score (nSPS) is 19.7. The highest BCUT2D eigenvalue weighted by atomic mass is 16.2. The van der Waals surface area contributed by atoms with E-state index in [1.807, 2.05) is 61.6 Å². The number of imide groups is 1. The van der Waals surface area contributed by atoms with E-state index < -0.39 is 11.6 Å². The minimum absolute atomic E-state index is 0.261. The second kappa shape index (κ2) is 8.18. The van der Waals surface area contributed by atoms with Crippen LogP contribution in [-0.4, -0.2) is 49.4 Å². The van der Waals surface area contributed by atoms with E-state index in [0.29, 0.717) is 13.0 Å². The molecule has 0 radical (unpaired) electrons. The maximum atomic E-state index is 13.1. The van der Waals surface area contributed by atoms with Gasteiger partial charge < -0.3 is 15.5 Å². The average molecular weight is 406 g/mol. The van der Waals surface area contributed by atoms with Crippen molar-refractivity contribution in [1.29, 1.82) is 0 Å². The number of nitrogens with one attached hydrogen (secondary N) is 2. The number of carbonyl (C=O) groups is 3. The molecule has 1 aliphatic heterocycles. The maximum Gasteiger partial charge on any atom is 0.325 e. The van der Waals surface area contributed by atoms with Gasteiger partial charge in [0.05, 0.1) is 0 Å². The minimum Gasteiger partial charge on any atom is -0.375 e. The molecule has 2 aliphatic rings. The molecule has 1 saturated heterocycles. The monoisotopic (exact) mass is 406 g/mol. The van der Waals surface area contributed by atoms with Gasteiger partial charge >= 0.3 is 6.03 Å². The Morgan fingerprint density at radius 3 is 2.67 bits per heavy atom. The fourth-order valence-corrected chi connectivity index (χ4v) is 4.29. The number of rotatable bonds is 7. The topological polar surface area (TPSA) is 81.8 Å². The summed E-state index contributed by atoms with van der Waals surface area (Å²) in [5, 5.41) is 5.66. The molecule has 0 aromatic heterocycles. The number of para-hydroxylation sites is 1. The Morgan fingerprint density at radius 1 is 1.13 bits per heavy atom. The van der Waals surface area contributed by atoms with Crippen molar-refractivity contribution in [1.82, 2.24) is 15.5 Å². The van der Waals surface area contributed by atoms with Gasteiger partial charge in [-0.2, -0.15) is 0 Å². The summed E-state index contributed by atoms with van der Waals surface area (Å²) in [6, 6.07) is 17.2. The molecule has 2 aromatic rings. The van der Waals surface area contributed by atoms with E-state index in [1.165, 1.54) is 0 Å². The first kappa shape index (κ1) is 19.9. The summed E-state index contributed by atoms with van der Waals surface area (Å²) >= 11 is 0. The van der Waals surface area contributed by atoms with Crippen molar-refractivity contribution in [2.45, 2.75) is 24.8 Å². The summed E-state index contributed by atoms with van der Waals surface area (Å²) in [5.74, 6) is -0.666. The van der Waals surface area contributed by atoms with E-state index in [9.17, 15) is 14.4 Å². The van der Waals surface area contributed by atoms with Crippen LogP contribution >= 0.6 is 0 Å². The highest BCUT2D eigenvalue weighted by molar-refractivity contribution is 6.09. The third kappa shape index (κ3) is 3.63. The number of hydrogen-bond donors (Lipinski definition) is 2. The summed E-state index contributed by atoms with van der Waals surface area (Å²) in [4.78, 5) is 41.1. The lowest BCUT2D eigenvalue weighted by Gasteiger charge is -2.22. The van der Waals surface area contributed by atoms with Gasteiger partial charge in [-0.1, -0.05) is 42.5 Å². The number of carbonyl (C=O) groups excluding carboxylic acids is 3. The molecule has 0 saturated carbocycles. The fourth-order valence-electron chi connectivity index (χ4n) is 4.29. The predicted octanol–water partition coefficient (Wildman–Crippen LogP) is 2.02. The van der Waals surface area contributed by atoms with E-state index in [2.05, 4.69) is 15.5 Å². The van der Waals surface area contributed by atoms with Gasteiger partial charge in [-0.3, -0.25) is 14.5 Å². The van der Waals surface area contributed by atoms with E-state index in [-0.39, 0.29) is 18.4 Å². The van der Waals surface area contributed by atoms with Gasteiger partial charge in [0.1, 0.15) is 12.1 Å². The Kier molecular flexibility index (Phi) is 5.44. The third-order valence-electron chi connectivity index (χ3n) is 5.91. The second-order valence-electron chi connectivity index (χ2n) is 7.84. The first-order valence-corrected chi connectivity index (χ1v) is 10.3. The molecule has 156 valence electrons. The number of urea groups is 1. The van der Waals surface area contributed by atoms with Gasteiger partial charge in [-0.25, -0.2) is 4.79 Å². The summed E-state index contributed by atoms with van der Waals surface area (Å²) in [6.45, 7) is 1.00. The van der Waals surface area contributed by atoms with Gasteiger partial charge in [-0.05, 0) is 42.5 Å². The number of fused-ring (bicyclic) bond motifs is 2. The summed E-state index contributed by atoms with van der Waals surface area (Å²) < 4.78 is 0. The Balaban J connectivity index is 1.29. The van der Waals surface area contributed by atoms with Crippen molar-refractivity contribution in [2.24, 2.45) is 0 Å². The van der Waals surface area contributed by atoms with Crippen molar-refractivity contribution in [3.63, 3.8) is 0 Å². The standard InChI is InChI=1S/C23H26N4O3/c1-26(18-9-3-2-4-10-18)15-7-14-24-20(28)16-27-21(29)23(25-22(27)30)13-12-17-8-5-6-11-19(17)23/h2-6,8-11H,7,12-16H2,1H3,(H,24,28)(H,25,30)/t23-/m1/s1. The Labute approximate surface area is 176 Å². The average Bonchev–Trinajstić information content (AvgIpc) is 3.25. The van der Waals surface area contributed by atoms with E-state index in [4.69, 9.17) is 0 Å². The maximum absolute atomic E-state index is 13.1. The zero-order valence-electron chi connectivity index (χ0n) is 17.1. The third-order valence-corrected chi connectivity index (χ3v) is 5.91. The van der Waals surface area contributed by atoms with Gasteiger partial charge in [0.2, 0.25) is 5.91 Å². The predicted molar refractivity (Wildman–Crippen MR) is 114 cm³/mol. The molecule has 2 aromatic carbocycles. The van der Waals surface area contributed by atoms with Crippen LogP contribution in [-0.2, 0) is 21.5 Å². The Morgan fingerprint density at radius 2 is 1.87 bits per heavy atom. The van der Waals surface area contributed by atoms with Crippen LogP contribution in [0.5, 0.6) is 0 Å². The van der Waals surface area contributed by atoms with Crippen LogP contribution in [0.3, 0.4) is 0 Å². The molecule has 0 bridgehead atoms. The van der Waals surface area contributed by atoms with Gasteiger partial charge in [0, 0.05) is 25.8 Å². The molecule has 1 heterocycles. The minimum atomic E-state index is -1.02. The molecule has 1 spiro atoms. The molecule has 1 fully saturated rings. The fraction of sp³-hybridized carbons (Fsp3) is 0.348. The van der Waals surface area contributed by atoms with Crippen LogP contribution in [0.15, 0.2) is 54.6 Å². The molecule has 1 aliphatic carbocycles. The van der Waals surface area contributed by atoms with Gasteiger partial charge in [0.25, 0.3) is 5.91 Å². The van der Waals surface area contributed by atoms with Crippen LogP contribution in [0.25, 0.3) is 0 Å². The van der Waals surface area contributed by atoms with Gasteiger partial charge in [-0.15, -0.1) is 0 Å². The number of anilines is 1. The number of benzene rings is 2. The van der Waals surface area contributed by atoms with E-state index in [0.717, 1.165) is 41.1 Å². The molecule has 1 atom stereocenters.